The number of rotatable bonds is 6. The molecule has 2 aromatic carbocycles. The fourth-order valence-corrected chi connectivity index (χ4v) is 4.18. The van der Waals surface area contributed by atoms with Crippen molar-refractivity contribution in [2.45, 2.75) is 38.8 Å². The fraction of sp³-hybridized carbons (Fsp3) is 0.417. The molecule has 1 aliphatic rings. The van der Waals surface area contributed by atoms with E-state index in [4.69, 9.17) is 0 Å². The zero-order valence-electron chi connectivity index (χ0n) is 18.1. The van der Waals surface area contributed by atoms with E-state index < -0.39 is 23.3 Å². The number of halogens is 4. The fourth-order valence-electron chi connectivity index (χ4n) is 4.18. The molecule has 2 amide bonds. The van der Waals surface area contributed by atoms with Crippen LogP contribution in [0.2, 0.25) is 0 Å². The van der Waals surface area contributed by atoms with Gasteiger partial charge in [0, 0.05) is 62.3 Å². The predicted molar refractivity (Wildman–Crippen MR) is 111 cm³/mol. The zero-order chi connectivity index (χ0) is 23.4. The Bertz CT molecular complexity index is 910. The minimum atomic E-state index is -0.695. The minimum absolute atomic E-state index is 0.0375. The molecule has 4 nitrogen and oxygen atoms in total. The van der Waals surface area contributed by atoms with Crippen LogP contribution < -0.4 is 0 Å². The Labute approximate surface area is 184 Å². The number of carbonyl (C=O) groups is 2. The number of benzene rings is 2. The maximum Gasteiger partial charge on any atom is 0.225 e. The molecule has 8 heteroatoms. The van der Waals surface area contributed by atoms with Crippen LogP contribution in [0.15, 0.2) is 36.4 Å². The van der Waals surface area contributed by atoms with Crippen molar-refractivity contribution in [2.75, 3.05) is 14.1 Å². The minimum Gasteiger partial charge on any atom is -0.341 e. The van der Waals surface area contributed by atoms with Crippen molar-refractivity contribution < 1.29 is 27.2 Å². The third-order valence-corrected chi connectivity index (χ3v) is 6.02. The number of hydrogen-bond acceptors (Lipinski definition) is 2. The van der Waals surface area contributed by atoms with E-state index in [1.165, 1.54) is 21.9 Å². The quantitative estimate of drug-likeness (QED) is 0.601. The molecule has 0 saturated heterocycles. The second-order valence-corrected chi connectivity index (χ2v) is 8.41. The molecule has 1 fully saturated rings. The topological polar surface area (TPSA) is 40.6 Å². The molecule has 32 heavy (non-hydrogen) atoms. The number of hydrogen-bond donors (Lipinski definition) is 0. The van der Waals surface area contributed by atoms with Crippen LogP contribution in [0.4, 0.5) is 17.6 Å². The van der Waals surface area contributed by atoms with E-state index in [2.05, 4.69) is 0 Å². The summed E-state index contributed by atoms with van der Waals surface area (Å²) >= 11 is 0. The molecule has 0 unspecified atom stereocenters. The van der Waals surface area contributed by atoms with Gasteiger partial charge in [-0.3, -0.25) is 9.59 Å². The van der Waals surface area contributed by atoms with Gasteiger partial charge in [0.25, 0.3) is 0 Å². The van der Waals surface area contributed by atoms with Crippen LogP contribution in [0.5, 0.6) is 0 Å². The summed E-state index contributed by atoms with van der Waals surface area (Å²) in [5.41, 5.74) is 0.474. The first kappa shape index (κ1) is 23.8. The number of amides is 2. The Morgan fingerprint density at radius 2 is 1.06 bits per heavy atom. The molecular formula is C24H26F4N2O2. The lowest BCUT2D eigenvalue weighted by atomic mass is 9.80. The normalized spacial score (nSPS) is 18.3. The lowest BCUT2D eigenvalue weighted by molar-refractivity contribution is -0.140. The lowest BCUT2D eigenvalue weighted by Crippen LogP contribution is -2.38. The van der Waals surface area contributed by atoms with Crippen LogP contribution in [0, 0.1) is 35.1 Å². The summed E-state index contributed by atoms with van der Waals surface area (Å²) in [4.78, 5) is 28.4. The third-order valence-electron chi connectivity index (χ3n) is 6.02. The molecule has 0 N–H and O–H groups in total. The molecule has 0 heterocycles. The Morgan fingerprint density at radius 1 is 0.719 bits per heavy atom. The van der Waals surface area contributed by atoms with Gasteiger partial charge >= 0.3 is 0 Å². The van der Waals surface area contributed by atoms with Crippen molar-refractivity contribution in [3.05, 3.63) is 70.8 Å². The molecular weight excluding hydrogens is 424 g/mol. The number of carbonyl (C=O) groups excluding carboxylic acids is 2. The van der Waals surface area contributed by atoms with Gasteiger partial charge in [0.15, 0.2) is 0 Å². The second-order valence-electron chi connectivity index (χ2n) is 8.41. The first-order valence-electron chi connectivity index (χ1n) is 10.5. The number of nitrogens with zero attached hydrogens (tertiary/aromatic N) is 2. The summed E-state index contributed by atoms with van der Waals surface area (Å²) in [5.74, 6) is -3.55. The van der Waals surface area contributed by atoms with Crippen LogP contribution in [0.25, 0.3) is 0 Å². The SMILES string of the molecule is CN(Cc1ccc(F)cc1F)C(=O)C1CCC(C(=O)N(C)Cc2ccc(F)cc2F)CC1. The van der Waals surface area contributed by atoms with Gasteiger partial charge in [-0.05, 0) is 37.8 Å². The van der Waals surface area contributed by atoms with Gasteiger partial charge in [0.1, 0.15) is 23.3 Å². The van der Waals surface area contributed by atoms with Gasteiger partial charge in [-0.15, -0.1) is 0 Å². The molecule has 0 aliphatic heterocycles. The van der Waals surface area contributed by atoms with Crippen LogP contribution in [-0.4, -0.2) is 35.7 Å². The van der Waals surface area contributed by atoms with Crippen molar-refractivity contribution in [2.24, 2.45) is 11.8 Å². The van der Waals surface area contributed by atoms with E-state index >= 15 is 0 Å². The maximum atomic E-state index is 13.9. The highest BCUT2D eigenvalue weighted by atomic mass is 19.1. The average Bonchev–Trinajstić information content (AvgIpc) is 2.76. The first-order valence-corrected chi connectivity index (χ1v) is 10.5. The van der Waals surface area contributed by atoms with Gasteiger partial charge in [-0.1, -0.05) is 12.1 Å². The van der Waals surface area contributed by atoms with E-state index in [1.54, 1.807) is 14.1 Å². The highest BCUT2D eigenvalue weighted by Gasteiger charge is 2.32. The van der Waals surface area contributed by atoms with Gasteiger partial charge in [0.2, 0.25) is 11.8 Å². The summed E-state index contributed by atoms with van der Waals surface area (Å²) < 4.78 is 53.9. The van der Waals surface area contributed by atoms with Gasteiger partial charge in [-0.25, -0.2) is 17.6 Å². The molecule has 0 spiro atoms. The van der Waals surface area contributed by atoms with Gasteiger partial charge in [0.05, 0.1) is 0 Å². The average molecular weight is 450 g/mol. The smallest absolute Gasteiger partial charge is 0.225 e. The van der Waals surface area contributed by atoms with E-state index in [9.17, 15) is 27.2 Å². The zero-order valence-corrected chi connectivity index (χ0v) is 18.1. The predicted octanol–water partition coefficient (Wildman–Crippen LogP) is 4.67. The van der Waals surface area contributed by atoms with Crippen molar-refractivity contribution >= 4 is 11.8 Å². The highest BCUT2D eigenvalue weighted by Crippen LogP contribution is 2.31. The van der Waals surface area contributed by atoms with Crippen LogP contribution >= 0.6 is 0 Å². The maximum absolute atomic E-state index is 13.9. The molecule has 0 aromatic heterocycles. The standard InChI is InChI=1S/C24H26F4N2O2/c1-29(13-17-7-9-19(25)11-21(17)27)23(31)15-3-5-16(6-4-15)24(32)30(2)14-18-8-10-20(26)12-22(18)28/h7-12,15-16H,3-6,13-14H2,1-2H3. The van der Waals surface area contributed by atoms with E-state index in [0.29, 0.717) is 25.7 Å². The van der Waals surface area contributed by atoms with Gasteiger partial charge < -0.3 is 9.80 Å². The molecule has 1 aliphatic carbocycles. The third kappa shape index (κ3) is 5.66. The Hall–Kier alpha value is -2.90. The molecule has 0 atom stereocenters. The molecule has 1 saturated carbocycles. The molecule has 172 valence electrons. The highest BCUT2D eigenvalue weighted by molar-refractivity contribution is 5.81. The monoisotopic (exact) mass is 450 g/mol. The summed E-state index contributed by atoms with van der Waals surface area (Å²) in [7, 11) is 3.15. The van der Waals surface area contributed by atoms with E-state index in [0.717, 1.165) is 24.3 Å². The van der Waals surface area contributed by atoms with E-state index in [-0.39, 0.29) is 47.9 Å². The summed E-state index contributed by atoms with van der Waals surface area (Å²) in [6.07, 6.45) is 2.07. The summed E-state index contributed by atoms with van der Waals surface area (Å²) in [5, 5.41) is 0. The molecule has 0 bridgehead atoms. The Morgan fingerprint density at radius 3 is 1.38 bits per heavy atom. The molecule has 3 rings (SSSR count). The summed E-state index contributed by atoms with van der Waals surface area (Å²) in [6, 6.07) is 6.54. The lowest BCUT2D eigenvalue weighted by Gasteiger charge is -2.32. The van der Waals surface area contributed by atoms with Crippen LogP contribution in [-0.2, 0) is 22.7 Å². The second kappa shape index (κ2) is 10.1. The van der Waals surface area contributed by atoms with Crippen molar-refractivity contribution in [1.82, 2.24) is 9.80 Å². The van der Waals surface area contributed by atoms with Gasteiger partial charge in [-0.2, -0.15) is 0 Å². The van der Waals surface area contributed by atoms with E-state index in [1.807, 2.05) is 0 Å². The first-order chi connectivity index (χ1) is 15.2. The van der Waals surface area contributed by atoms with Crippen molar-refractivity contribution in [3.8, 4) is 0 Å². The largest absolute Gasteiger partial charge is 0.341 e. The van der Waals surface area contributed by atoms with Crippen LogP contribution in [0.1, 0.15) is 36.8 Å². The van der Waals surface area contributed by atoms with Crippen molar-refractivity contribution in [3.63, 3.8) is 0 Å². The Balaban J connectivity index is 1.52. The van der Waals surface area contributed by atoms with Crippen LogP contribution in [0.3, 0.4) is 0 Å². The van der Waals surface area contributed by atoms with Crippen molar-refractivity contribution in [1.29, 1.82) is 0 Å². The molecule has 0 radical (unpaired) electrons. The molecule has 2 aromatic rings. The summed E-state index contributed by atoms with van der Waals surface area (Å²) in [6.45, 7) is 0.0750. The Kier molecular flexibility index (Phi) is 7.53.